The van der Waals surface area contributed by atoms with Gasteiger partial charge in [-0.15, -0.1) is 0 Å². The van der Waals surface area contributed by atoms with Crippen LogP contribution in [-0.4, -0.2) is 83.4 Å². The number of nitrogens with one attached hydrogen (secondary N) is 3. The molecule has 0 aliphatic carbocycles. The van der Waals surface area contributed by atoms with Gasteiger partial charge in [0.25, 0.3) is 0 Å². The van der Waals surface area contributed by atoms with Crippen molar-refractivity contribution in [2.75, 3.05) is 6.61 Å². The van der Waals surface area contributed by atoms with Gasteiger partial charge in [0.1, 0.15) is 29.8 Å². The third-order valence-electron chi connectivity index (χ3n) is 10.0. The maximum absolute atomic E-state index is 14.0. The van der Waals surface area contributed by atoms with E-state index >= 15 is 0 Å². The van der Waals surface area contributed by atoms with Crippen molar-refractivity contribution in [1.82, 2.24) is 16.0 Å². The molecular formula is C42H79N3O9. The summed E-state index contributed by atoms with van der Waals surface area (Å²) < 4.78 is 23.9. The van der Waals surface area contributed by atoms with Gasteiger partial charge in [-0.25, -0.2) is 9.59 Å². The summed E-state index contributed by atoms with van der Waals surface area (Å²) in [6.07, 6.45) is 11.2. The van der Waals surface area contributed by atoms with E-state index in [1.54, 1.807) is 48.5 Å². The Morgan fingerprint density at radius 3 is 1.72 bits per heavy atom. The summed E-state index contributed by atoms with van der Waals surface area (Å²) in [6, 6.07) is -3.50. The lowest BCUT2D eigenvalue weighted by atomic mass is 9.86. The number of hydrogen-bond acceptors (Lipinski definition) is 9. The van der Waals surface area contributed by atoms with E-state index in [-0.39, 0.29) is 29.8 Å². The minimum absolute atomic E-state index is 0.0852. The Kier molecular flexibility index (Phi) is 22.3. The number of carbonyl (C=O) groups excluding carboxylic acids is 4. The molecule has 0 aromatic heterocycles. The highest BCUT2D eigenvalue weighted by Gasteiger charge is 2.42. The normalized spacial score (nSPS) is 20.7. The molecule has 12 heteroatoms. The summed E-state index contributed by atoms with van der Waals surface area (Å²) in [5.41, 5.74) is -0.777. The fraction of sp³-hybridized carbons (Fsp3) is 0.905. The first-order chi connectivity index (χ1) is 25.1. The van der Waals surface area contributed by atoms with E-state index in [1.807, 2.05) is 13.8 Å². The smallest absolute Gasteiger partial charge is 0.408 e. The van der Waals surface area contributed by atoms with Crippen LogP contribution < -0.4 is 16.0 Å². The van der Waals surface area contributed by atoms with Crippen LogP contribution in [0.4, 0.5) is 4.79 Å². The Morgan fingerprint density at radius 1 is 0.759 bits per heavy atom. The number of esters is 1. The molecule has 1 saturated heterocycles. The summed E-state index contributed by atoms with van der Waals surface area (Å²) in [5.74, 6) is -3.54. The molecule has 1 aliphatic rings. The molecule has 3 amide bonds. The van der Waals surface area contributed by atoms with Crippen LogP contribution in [0.3, 0.4) is 0 Å². The summed E-state index contributed by atoms with van der Waals surface area (Å²) in [5, 5.41) is 18.5. The lowest BCUT2D eigenvalue weighted by Crippen LogP contribution is -2.60. The summed E-state index contributed by atoms with van der Waals surface area (Å²) in [4.78, 5) is 53.5. The van der Waals surface area contributed by atoms with Gasteiger partial charge in [0, 0.05) is 11.8 Å². The minimum atomic E-state index is -1.40. The number of alkyl carbamates (subject to hydrolysis) is 1. The molecule has 8 atom stereocenters. The van der Waals surface area contributed by atoms with Gasteiger partial charge in [-0.3, -0.25) is 9.59 Å². The standard InChI is InChI=1S/C42H79N3O9/c1-14-15-16-17-18-19-20-21-22-23-24-25-32(30(7)36-29(6)26-51-42(12,13)53-36)52-39(49)34(28(4)5)43-38(48)35(31(8)46)44-37(47)33(27(2)3)45-40(50)54-41(9,10)11/h27-36,46H,14-26H2,1-13H3,(H,43,48)(H,44,47)(H,45,50)/t29-,30-,31+,32+,33-,34-,35-,36-/m0/s1. The predicted octanol–water partition coefficient (Wildman–Crippen LogP) is 7.58. The van der Waals surface area contributed by atoms with Crippen molar-refractivity contribution < 1.29 is 43.2 Å². The maximum atomic E-state index is 14.0. The second-order valence-corrected chi connectivity index (χ2v) is 17.8. The Bertz CT molecular complexity index is 1120. The van der Waals surface area contributed by atoms with E-state index in [0.29, 0.717) is 13.0 Å². The van der Waals surface area contributed by atoms with E-state index in [4.69, 9.17) is 18.9 Å². The van der Waals surface area contributed by atoms with Gasteiger partial charge in [0.15, 0.2) is 5.79 Å². The van der Waals surface area contributed by atoms with Crippen LogP contribution >= 0.6 is 0 Å². The Balaban J connectivity index is 3.06. The molecule has 0 unspecified atom stereocenters. The van der Waals surface area contributed by atoms with Gasteiger partial charge in [0.2, 0.25) is 11.8 Å². The molecule has 1 heterocycles. The fourth-order valence-electron chi connectivity index (χ4n) is 6.76. The number of aliphatic hydroxyl groups excluding tert-OH is 1. The van der Waals surface area contributed by atoms with Crippen LogP contribution in [0.1, 0.15) is 167 Å². The van der Waals surface area contributed by atoms with Crippen molar-refractivity contribution in [2.45, 2.75) is 215 Å². The molecule has 0 radical (unpaired) electrons. The van der Waals surface area contributed by atoms with Gasteiger partial charge in [-0.05, 0) is 66.2 Å². The van der Waals surface area contributed by atoms with Crippen LogP contribution in [0.25, 0.3) is 0 Å². The van der Waals surface area contributed by atoms with Crippen molar-refractivity contribution in [2.24, 2.45) is 23.7 Å². The molecule has 1 fully saturated rings. The quantitative estimate of drug-likeness (QED) is 0.0573. The molecule has 0 aromatic carbocycles. The second kappa shape index (κ2) is 24.3. The van der Waals surface area contributed by atoms with Crippen LogP contribution in [0.15, 0.2) is 0 Å². The molecule has 0 spiro atoms. The fourth-order valence-corrected chi connectivity index (χ4v) is 6.76. The lowest BCUT2D eigenvalue weighted by molar-refractivity contribution is -0.304. The van der Waals surface area contributed by atoms with Gasteiger partial charge in [-0.1, -0.05) is 113 Å². The van der Waals surface area contributed by atoms with Gasteiger partial charge in [0.05, 0.1) is 18.8 Å². The predicted molar refractivity (Wildman–Crippen MR) is 213 cm³/mol. The van der Waals surface area contributed by atoms with Crippen molar-refractivity contribution in [3.05, 3.63) is 0 Å². The number of hydrogen-bond donors (Lipinski definition) is 4. The Hall–Kier alpha value is -2.44. The zero-order valence-corrected chi connectivity index (χ0v) is 36.2. The average Bonchev–Trinajstić information content (AvgIpc) is 3.06. The van der Waals surface area contributed by atoms with Crippen LogP contribution in [-0.2, 0) is 33.3 Å². The molecule has 1 rings (SSSR count). The maximum Gasteiger partial charge on any atom is 0.408 e. The van der Waals surface area contributed by atoms with Crippen molar-refractivity contribution in [1.29, 1.82) is 0 Å². The topological polar surface area (TPSA) is 162 Å². The SMILES string of the molecule is CCCCCCCCCCCCC[C@@H](OC(=O)[C@@H](NC(=O)[C@@H](NC(=O)[C@@H](NC(=O)OC(C)(C)C)C(C)C)[C@@H](C)O)C(C)C)[C@H](C)[C@H]1OC(C)(C)OC[C@@H]1C. The highest BCUT2D eigenvalue weighted by molar-refractivity contribution is 5.93. The number of rotatable bonds is 24. The number of carbonyl (C=O) groups is 4. The number of ether oxygens (including phenoxy) is 4. The summed E-state index contributed by atoms with van der Waals surface area (Å²) in [6.45, 7) is 24.3. The lowest BCUT2D eigenvalue weighted by Gasteiger charge is -2.44. The Morgan fingerprint density at radius 2 is 1.24 bits per heavy atom. The van der Waals surface area contributed by atoms with Crippen molar-refractivity contribution in [3.63, 3.8) is 0 Å². The molecule has 54 heavy (non-hydrogen) atoms. The van der Waals surface area contributed by atoms with Gasteiger partial charge >= 0.3 is 12.1 Å². The third-order valence-corrected chi connectivity index (χ3v) is 10.0. The minimum Gasteiger partial charge on any atom is -0.460 e. The summed E-state index contributed by atoms with van der Waals surface area (Å²) >= 11 is 0. The largest absolute Gasteiger partial charge is 0.460 e. The monoisotopic (exact) mass is 770 g/mol. The molecule has 4 N–H and O–H groups in total. The molecule has 0 aromatic rings. The number of aliphatic hydroxyl groups is 1. The first-order valence-electron chi connectivity index (χ1n) is 20.9. The van der Waals surface area contributed by atoms with E-state index < -0.39 is 65.6 Å². The third kappa shape index (κ3) is 18.9. The second-order valence-electron chi connectivity index (χ2n) is 17.8. The highest BCUT2D eigenvalue weighted by atomic mass is 16.7. The van der Waals surface area contributed by atoms with Crippen LogP contribution in [0.2, 0.25) is 0 Å². The molecule has 1 aliphatic heterocycles. The molecule has 0 saturated carbocycles. The van der Waals surface area contributed by atoms with E-state index in [9.17, 15) is 24.3 Å². The van der Waals surface area contributed by atoms with Crippen LogP contribution in [0.5, 0.6) is 0 Å². The number of amides is 3. The van der Waals surface area contributed by atoms with E-state index in [2.05, 4.69) is 36.7 Å². The number of unbranched alkanes of at least 4 members (excludes halogenated alkanes) is 10. The average molecular weight is 770 g/mol. The summed E-state index contributed by atoms with van der Waals surface area (Å²) in [7, 11) is 0. The van der Waals surface area contributed by atoms with Gasteiger partial charge in [-0.2, -0.15) is 0 Å². The van der Waals surface area contributed by atoms with Crippen molar-refractivity contribution >= 4 is 23.9 Å². The molecule has 316 valence electrons. The first-order valence-corrected chi connectivity index (χ1v) is 20.9. The van der Waals surface area contributed by atoms with Crippen molar-refractivity contribution in [3.8, 4) is 0 Å². The van der Waals surface area contributed by atoms with Crippen LogP contribution in [0, 0.1) is 23.7 Å². The molecular weight excluding hydrogens is 690 g/mol. The Labute approximate surface area is 327 Å². The van der Waals surface area contributed by atoms with Gasteiger partial charge < -0.3 is 40.0 Å². The molecule has 0 bridgehead atoms. The van der Waals surface area contributed by atoms with E-state index in [1.165, 1.54) is 58.3 Å². The zero-order valence-electron chi connectivity index (χ0n) is 36.2. The zero-order chi connectivity index (χ0) is 41.2. The van der Waals surface area contributed by atoms with E-state index in [0.717, 1.165) is 19.3 Å². The molecule has 12 nitrogen and oxygen atoms in total. The first kappa shape index (κ1) is 49.6. The highest BCUT2D eigenvalue weighted by Crippen LogP contribution is 2.34.